The van der Waals surface area contributed by atoms with Crippen LogP contribution in [0.25, 0.3) is 0 Å². The van der Waals surface area contributed by atoms with E-state index in [0.717, 1.165) is 16.8 Å². The number of carbonyl (C=O) groups is 1. The average Bonchev–Trinajstić information content (AvgIpc) is 2.52. The number of benzene rings is 1. The molecule has 118 valence electrons. The van der Waals surface area contributed by atoms with Crippen LogP contribution in [0.4, 0.5) is 11.4 Å². The molecule has 0 radical (unpaired) electrons. The number of hydrogen-bond donors (Lipinski definition) is 0. The van der Waals surface area contributed by atoms with Gasteiger partial charge in [0.15, 0.2) is 0 Å². The third-order valence-corrected chi connectivity index (χ3v) is 4.75. The van der Waals surface area contributed by atoms with Gasteiger partial charge in [-0.2, -0.15) is 0 Å². The van der Waals surface area contributed by atoms with Gasteiger partial charge in [0.1, 0.15) is 11.9 Å². The molecule has 1 amide bonds. The quantitative estimate of drug-likeness (QED) is 0.622. The number of carbonyl (C=O) groups excluding carboxylic acids is 1. The van der Waals surface area contributed by atoms with Crippen molar-refractivity contribution in [2.75, 3.05) is 11.4 Å². The van der Waals surface area contributed by atoms with Gasteiger partial charge in [0.2, 0.25) is 0 Å². The van der Waals surface area contributed by atoms with Crippen LogP contribution in [0.3, 0.4) is 0 Å². The van der Waals surface area contributed by atoms with Crippen molar-refractivity contribution in [3.8, 4) is 0 Å². The molecule has 0 aliphatic carbocycles. The summed E-state index contributed by atoms with van der Waals surface area (Å²) in [7, 11) is 0. The van der Waals surface area contributed by atoms with Crippen LogP contribution in [0.15, 0.2) is 47.5 Å². The summed E-state index contributed by atoms with van der Waals surface area (Å²) in [6, 6.07) is 10.4. The Balaban J connectivity index is 1.97. The summed E-state index contributed by atoms with van der Waals surface area (Å²) in [5.41, 5.74) is 0.923. The SMILES string of the molecule is CC1(C)CN(C(=O)c2ccc([N+](=O)[O-])cn2)c2ccccc2S1. The highest BCUT2D eigenvalue weighted by Crippen LogP contribution is 2.44. The normalized spacial score (nSPS) is 15.8. The highest BCUT2D eigenvalue weighted by atomic mass is 32.2. The Labute approximate surface area is 137 Å². The number of amides is 1. The fourth-order valence-electron chi connectivity index (χ4n) is 2.50. The van der Waals surface area contributed by atoms with Gasteiger partial charge in [-0.05, 0) is 32.0 Å². The molecule has 3 rings (SSSR count). The van der Waals surface area contributed by atoms with E-state index in [1.807, 2.05) is 24.3 Å². The van der Waals surface area contributed by atoms with Crippen molar-refractivity contribution in [3.63, 3.8) is 0 Å². The summed E-state index contributed by atoms with van der Waals surface area (Å²) in [5.74, 6) is -0.249. The second kappa shape index (κ2) is 5.66. The minimum Gasteiger partial charge on any atom is -0.305 e. The fourth-order valence-corrected chi connectivity index (χ4v) is 3.72. The molecule has 1 aromatic heterocycles. The van der Waals surface area contributed by atoms with Crippen LogP contribution in [0, 0.1) is 10.1 Å². The molecule has 23 heavy (non-hydrogen) atoms. The molecule has 0 saturated heterocycles. The first-order chi connectivity index (χ1) is 10.9. The molecular formula is C16H15N3O3S. The van der Waals surface area contributed by atoms with E-state index in [2.05, 4.69) is 18.8 Å². The molecule has 0 fully saturated rings. The van der Waals surface area contributed by atoms with Crippen LogP contribution in [-0.4, -0.2) is 27.1 Å². The zero-order chi connectivity index (χ0) is 16.6. The number of anilines is 1. The van der Waals surface area contributed by atoms with Crippen molar-refractivity contribution in [2.45, 2.75) is 23.5 Å². The van der Waals surface area contributed by atoms with Gasteiger partial charge >= 0.3 is 0 Å². The Morgan fingerprint density at radius 2 is 2.04 bits per heavy atom. The topological polar surface area (TPSA) is 76.3 Å². The van der Waals surface area contributed by atoms with E-state index in [1.54, 1.807) is 16.7 Å². The fraction of sp³-hybridized carbons (Fsp3) is 0.250. The molecule has 0 bridgehead atoms. The minimum absolute atomic E-state index is 0.120. The van der Waals surface area contributed by atoms with Crippen molar-refractivity contribution in [3.05, 3.63) is 58.4 Å². The van der Waals surface area contributed by atoms with Crippen LogP contribution in [0.1, 0.15) is 24.3 Å². The summed E-state index contributed by atoms with van der Waals surface area (Å²) in [4.78, 5) is 29.7. The lowest BCUT2D eigenvalue weighted by molar-refractivity contribution is -0.385. The summed E-state index contributed by atoms with van der Waals surface area (Å²) in [6.45, 7) is 4.71. The summed E-state index contributed by atoms with van der Waals surface area (Å²) < 4.78 is -0.120. The van der Waals surface area contributed by atoms with E-state index < -0.39 is 4.92 Å². The molecule has 0 N–H and O–H groups in total. The lowest BCUT2D eigenvalue weighted by Crippen LogP contribution is -2.44. The molecule has 2 heterocycles. The van der Waals surface area contributed by atoms with Gasteiger partial charge in [-0.15, -0.1) is 11.8 Å². The lowest BCUT2D eigenvalue weighted by atomic mass is 10.1. The second-order valence-electron chi connectivity index (χ2n) is 5.88. The maximum absolute atomic E-state index is 12.8. The molecular weight excluding hydrogens is 314 g/mol. The summed E-state index contributed by atoms with van der Waals surface area (Å²) in [5, 5.41) is 10.7. The third-order valence-electron chi connectivity index (χ3n) is 3.50. The van der Waals surface area contributed by atoms with Crippen molar-refractivity contribution >= 4 is 29.0 Å². The number of pyridine rings is 1. The molecule has 2 aromatic rings. The van der Waals surface area contributed by atoms with Gasteiger partial charge in [-0.25, -0.2) is 4.98 Å². The first-order valence-electron chi connectivity index (χ1n) is 7.08. The number of thioether (sulfide) groups is 1. The van der Waals surface area contributed by atoms with E-state index >= 15 is 0 Å². The maximum Gasteiger partial charge on any atom is 0.287 e. The van der Waals surface area contributed by atoms with E-state index in [4.69, 9.17) is 0 Å². The lowest BCUT2D eigenvalue weighted by Gasteiger charge is -2.38. The number of hydrogen-bond acceptors (Lipinski definition) is 5. The number of aromatic nitrogens is 1. The van der Waals surface area contributed by atoms with E-state index in [0.29, 0.717) is 6.54 Å². The molecule has 6 nitrogen and oxygen atoms in total. The average molecular weight is 329 g/mol. The van der Waals surface area contributed by atoms with Crippen LogP contribution < -0.4 is 4.90 Å². The van der Waals surface area contributed by atoms with Gasteiger partial charge in [0.05, 0.1) is 10.6 Å². The Hall–Kier alpha value is -2.41. The summed E-state index contributed by atoms with van der Waals surface area (Å²) >= 11 is 1.73. The second-order valence-corrected chi connectivity index (χ2v) is 7.63. The van der Waals surface area contributed by atoms with Crippen molar-refractivity contribution in [2.24, 2.45) is 0 Å². The third kappa shape index (κ3) is 3.05. The van der Waals surface area contributed by atoms with Crippen molar-refractivity contribution in [1.29, 1.82) is 0 Å². The van der Waals surface area contributed by atoms with Gasteiger partial charge < -0.3 is 4.90 Å². The Morgan fingerprint density at radius 3 is 2.70 bits per heavy atom. The molecule has 1 aliphatic heterocycles. The highest BCUT2D eigenvalue weighted by molar-refractivity contribution is 8.00. The molecule has 0 atom stereocenters. The summed E-state index contributed by atoms with van der Waals surface area (Å²) in [6.07, 6.45) is 1.11. The smallest absolute Gasteiger partial charge is 0.287 e. The Morgan fingerprint density at radius 1 is 1.30 bits per heavy atom. The zero-order valence-corrected chi connectivity index (χ0v) is 13.5. The molecule has 0 spiro atoms. The first-order valence-corrected chi connectivity index (χ1v) is 7.89. The predicted molar refractivity (Wildman–Crippen MR) is 88.9 cm³/mol. The number of fused-ring (bicyclic) bond motifs is 1. The van der Waals surface area contributed by atoms with Gasteiger partial charge in [-0.3, -0.25) is 14.9 Å². The predicted octanol–water partition coefficient (Wildman–Crippen LogP) is 3.52. The monoisotopic (exact) mass is 329 g/mol. The van der Waals surface area contributed by atoms with Crippen molar-refractivity contribution < 1.29 is 9.72 Å². The van der Waals surface area contributed by atoms with Crippen molar-refractivity contribution in [1.82, 2.24) is 4.98 Å². The maximum atomic E-state index is 12.8. The number of rotatable bonds is 2. The largest absolute Gasteiger partial charge is 0.305 e. The standard InChI is InChI=1S/C16H15N3O3S/c1-16(2)10-18(13-5-3-4-6-14(13)23-16)15(20)12-8-7-11(9-17-12)19(21)22/h3-9H,10H2,1-2H3. The zero-order valence-electron chi connectivity index (χ0n) is 12.7. The van der Waals surface area contributed by atoms with Gasteiger partial charge in [0, 0.05) is 22.3 Å². The van der Waals surface area contributed by atoms with Gasteiger partial charge in [-0.1, -0.05) is 12.1 Å². The Kier molecular flexibility index (Phi) is 3.81. The molecule has 0 saturated carbocycles. The molecule has 1 aromatic carbocycles. The minimum atomic E-state index is -0.531. The molecule has 0 unspecified atom stereocenters. The van der Waals surface area contributed by atoms with Crippen LogP contribution in [-0.2, 0) is 0 Å². The number of nitro groups is 1. The first kappa shape index (κ1) is 15.5. The van der Waals surface area contributed by atoms with Crippen LogP contribution >= 0.6 is 11.8 Å². The van der Waals surface area contributed by atoms with Gasteiger partial charge in [0.25, 0.3) is 11.6 Å². The molecule has 1 aliphatic rings. The number of nitrogens with zero attached hydrogens (tertiary/aromatic N) is 3. The Bertz CT molecular complexity index is 774. The molecule has 7 heteroatoms. The highest BCUT2D eigenvalue weighted by Gasteiger charge is 2.34. The number of para-hydroxylation sites is 1. The van der Waals surface area contributed by atoms with Crippen LogP contribution in [0.2, 0.25) is 0 Å². The van der Waals surface area contributed by atoms with E-state index in [-0.39, 0.29) is 22.0 Å². The van der Waals surface area contributed by atoms with E-state index in [9.17, 15) is 14.9 Å². The van der Waals surface area contributed by atoms with E-state index in [1.165, 1.54) is 12.1 Å². The van der Waals surface area contributed by atoms with Crippen LogP contribution in [0.5, 0.6) is 0 Å².